The molecular weight excluding hydrogens is 268 g/mol. The number of carbonyl (C=O) groups is 1. The lowest BCUT2D eigenvalue weighted by atomic mass is 10.1. The maximum absolute atomic E-state index is 12.0. The van der Waals surface area contributed by atoms with E-state index >= 15 is 0 Å². The van der Waals surface area contributed by atoms with Gasteiger partial charge in [0.15, 0.2) is 0 Å². The van der Waals surface area contributed by atoms with E-state index in [0.29, 0.717) is 17.9 Å². The Morgan fingerprint density at radius 1 is 1.35 bits per heavy atom. The van der Waals surface area contributed by atoms with Crippen LogP contribution in [0.1, 0.15) is 40.5 Å². The molecule has 114 valence electrons. The molecule has 0 spiro atoms. The summed E-state index contributed by atoms with van der Waals surface area (Å²) in [5, 5.41) is 0.115. The maximum atomic E-state index is 12.0. The standard InChI is InChI=1S/C16H28O3Si/c1-12-9-8-10-13(15(17)18-5)14(11-12)19-20(6,7)16(2,3)4/h8-9,12H,10-11H2,1-7H3/t12-/m1/s1. The van der Waals surface area contributed by atoms with Crippen molar-refractivity contribution in [2.45, 2.75) is 58.7 Å². The van der Waals surface area contributed by atoms with Crippen LogP contribution in [-0.4, -0.2) is 21.4 Å². The van der Waals surface area contributed by atoms with Crippen LogP contribution in [-0.2, 0) is 14.0 Å². The van der Waals surface area contributed by atoms with Crippen molar-refractivity contribution in [3.63, 3.8) is 0 Å². The summed E-state index contributed by atoms with van der Waals surface area (Å²) in [7, 11) is -0.510. The molecule has 0 aliphatic heterocycles. The summed E-state index contributed by atoms with van der Waals surface area (Å²) in [6, 6.07) is 0. The number of hydrogen-bond donors (Lipinski definition) is 0. The van der Waals surface area contributed by atoms with E-state index < -0.39 is 8.32 Å². The van der Waals surface area contributed by atoms with Crippen LogP contribution in [0.2, 0.25) is 18.1 Å². The second kappa shape index (κ2) is 6.16. The minimum absolute atomic E-state index is 0.115. The number of esters is 1. The smallest absolute Gasteiger partial charge is 0.337 e. The lowest BCUT2D eigenvalue weighted by Crippen LogP contribution is -2.41. The van der Waals surface area contributed by atoms with Gasteiger partial charge in [0.25, 0.3) is 0 Å². The quantitative estimate of drug-likeness (QED) is 0.439. The maximum Gasteiger partial charge on any atom is 0.337 e. The van der Waals surface area contributed by atoms with Crippen LogP contribution in [0.3, 0.4) is 0 Å². The second-order valence-corrected chi connectivity index (χ2v) is 11.8. The highest BCUT2D eigenvalue weighted by molar-refractivity contribution is 6.74. The normalized spacial score (nSPS) is 20.6. The molecule has 4 heteroatoms. The van der Waals surface area contributed by atoms with E-state index in [2.05, 4.69) is 46.9 Å². The molecule has 0 bridgehead atoms. The molecule has 0 amide bonds. The molecule has 0 N–H and O–H groups in total. The predicted octanol–water partition coefficient (Wildman–Crippen LogP) is 4.42. The van der Waals surface area contributed by atoms with E-state index in [1.165, 1.54) is 7.11 Å². The topological polar surface area (TPSA) is 35.5 Å². The average Bonchev–Trinajstić information content (AvgIpc) is 2.48. The zero-order valence-corrected chi connectivity index (χ0v) is 14.9. The van der Waals surface area contributed by atoms with Gasteiger partial charge in [-0.05, 0) is 24.1 Å². The van der Waals surface area contributed by atoms with E-state index in [4.69, 9.17) is 9.16 Å². The molecule has 0 unspecified atom stereocenters. The van der Waals surface area contributed by atoms with Crippen LogP contribution < -0.4 is 0 Å². The molecule has 0 heterocycles. The Kier molecular flexibility index (Phi) is 5.25. The SMILES string of the molecule is COC(=O)C1=C(O[Si](C)(C)C(C)(C)C)C[C@H](C)C=CC1. The Morgan fingerprint density at radius 2 is 1.95 bits per heavy atom. The molecule has 1 aliphatic rings. The van der Waals surface area contributed by atoms with Crippen molar-refractivity contribution in [2.24, 2.45) is 5.92 Å². The van der Waals surface area contributed by atoms with Gasteiger partial charge in [-0.2, -0.15) is 0 Å². The lowest BCUT2D eigenvalue weighted by molar-refractivity contribution is -0.136. The molecule has 0 saturated heterocycles. The third-order valence-corrected chi connectivity index (χ3v) is 8.62. The Morgan fingerprint density at radius 3 is 2.45 bits per heavy atom. The van der Waals surface area contributed by atoms with Crippen LogP contribution in [0.25, 0.3) is 0 Å². The van der Waals surface area contributed by atoms with Crippen molar-refractivity contribution in [1.29, 1.82) is 0 Å². The van der Waals surface area contributed by atoms with Gasteiger partial charge >= 0.3 is 5.97 Å². The Balaban J connectivity index is 3.13. The number of methoxy groups -OCH3 is 1. The van der Waals surface area contributed by atoms with Gasteiger partial charge in [-0.1, -0.05) is 39.8 Å². The van der Waals surface area contributed by atoms with Gasteiger partial charge in [0.2, 0.25) is 8.32 Å². The highest BCUT2D eigenvalue weighted by Crippen LogP contribution is 2.40. The Hall–Kier alpha value is -1.03. The van der Waals surface area contributed by atoms with Gasteiger partial charge in [0, 0.05) is 12.8 Å². The van der Waals surface area contributed by atoms with Gasteiger partial charge in [0.1, 0.15) is 0 Å². The van der Waals surface area contributed by atoms with E-state index in [-0.39, 0.29) is 11.0 Å². The molecule has 0 radical (unpaired) electrons. The first-order valence-corrected chi connectivity index (χ1v) is 10.2. The number of ether oxygens (including phenoxy) is 1. The first-order valence-electron chi connectivity index (χ1n) is 7.24. The summed E-state index contributed by atoms with van der Waals surface area (Å²) in [5.41, 5.74) is 0.679. The summed E-state index contributed by atoms with van der Waals surface area (Å²) in [6.45, 7) is 13.2. The molecule has 1 atom stereocenters. The lowest BCUT2D eigenvalue weighted by Gasteiger charge is -2.38. The summed E-state index contributed by atoms with van der Waals surface area (Å²) < 4.78 is 11.3. The minimum atomic E-state index is -1.94. The highest BCUT2D eigenvalue weighted by atomic mass is 28.4. The molecule has 0 aromatic carbocycles. The van der Waals surface area contributed by atoms with Crippen molar-refractivity contribution >= 4 is 14.3 Å². The van der Waals surface area contributed by atoms with E-state index in [1.807, 2.05) is 6.08 Å². The number of hydrogen-bond acceptors (Lipinski definition) is 3. The molecule has 0 saturated carbocycles. The van der Waals surface area contributed by atoms with Gasteiger partial charge in [0.05, 0.1) is 18.4 Å². The first kappa shape index (κ1) is 17.0. The summed E-state index contributed by atoms with van der Waals surface area (Å²) in [6.07, 6.45) is 5.55. The zero-order valence-electron chi connectivity index (χ0n) is 13.9. The number of carbonyl (C=O) groups excluding carboxylic acids is 1. The monoisotopic (exact) mass is 296 g/mol. The Bertz CT molecular complexity index is 427. The second-order valence-electron chi connectivity index (χ2n) is 7.07. The van der Waals surface area contributed by atoms with Crippen molar-refractivity contribution in [3.8, 4) is 0 Å². The van der Waals surface area contributed by atoms with Gasteiger partial charge in [-0.3, -0.25) is 0 Å². The van der Waals surface area contributed by atoms with Crippen LogP contribution in [0, 0.1) is 5.92 Å². The van der Waals surface area contributed by atoms with Crippen molar-refractivity contribution < 1.29 is 14.0 Å². The van der Waals surface area contributed by atoms with Gasteiger partial charge < -0.3 is 9.16 Å². The van der Waals surface area contributed by atoms with Gasteiger partial charge in [-0.25, -0.2) is 4.79 Å². The predicted molar refractivity (Wildman–Crippen MR) is 84.9 cm³/mol. The fourth-order valence-electron chi connectivity index (χ4n) is 1.90. The molecule has 0 aromatic heterocycles. The highest BCUT2D eigenvalue weighted by Gasteiger charge is 2.40. The molecular formula is C16H28O3Si. The molecule has 0 fully saturated rings. The fraction of sp³-hybridized carbons (Fsp3) is 0.688. The van der Waals surface area contributed by atoms with E-state index in [1.54, 1.807) is 0 Å². The summed E-state index contributed by atoms with van der Waals surface area (Å²) in [4.78, 5) is 12.0. The summed E-state index contributed by atoms with van der Waals surface area (Å²) >= 11 is 0. The van der Waals surface area contributed by atoms with Crippen molar-refractivity contribution in [1.82, 2.24) is 0 Å². The van der Waals surface area contributed by atoms with Crippen molar-refractivity contribution in [3.05, 3.63) is 23.5 Å². The molecule has 0 aromatic rings. The summed E-state index contributed by atoms with van der Waals surface area (Å²) in [5.74, 6) is 0.954. The van der Waals surface area contributed by atoms with Crippen LogP contribution >= 0.6 is 0 Å². The number of allylic oxidation sites excluding steroid dienone is 3. The van der Waals surface area contributed by atoms with Crippen LogP contribution in [0.5, 0.6) is 0 Å². The zero-order chi connectivity index (χ0) is 15.6. The van der Waals surface area contributed by atoms with Gasteiger partial charge in [-0.15, -0.1) is 0 Å². The Labute approximate surface area is 124 Å². The third-order valence-electron chi connectivity index (χ3n) is 4.25. The van der Waals surface area contributed by atoms with E-state index in [9.17, 15) is 4.79 Å². The fourth-order valence-corrected chi connectivity index (χ4v) is 3.03. The van der Waals surface area contributed by atoms with Crippen LogP contribution in [0.15, 0.2) is 23.5 Å². The third kappa shape index (κ3) is 3.98. The number of rotatable bonds is 3. The van der Waals surface area contributed by atoms with Crippen LogP contribution in [0.4, 0.5) is 0 Å². The average molecular weight is 296 g/mol. The van der Waals surface area contributed by atoms with Crippen molar-refractivity contribution in [2.75, 3.05) is 7.11 Å². The molecule has 1 rings (SSSR count). The molecule has 20 heavy (non-hydrogen) atoms. The molecule has 3 nitrogen and oxygen atoms in total. The largest absolute Gasteiger partial charge is 0.546 e. The van der Waals surface area contributed by atoms with E-state index in [0.717, 1.165) is 12.2 Å². The molecule has 1 aliphatic carbocycles. The first-order chi connectivity index (χ1) is 9.08. The minimum Gasteiger partial charge on any atom is -0.546 e.